The van der Waals surface area contributed by atoms with Crippen molar-refractivity contribution >= 4 is 18.4 Å². The van der Waals surface area contributed by atoms with Crippen molar-refractivity contribution in [2.45, 2.75) is 6.92 Å². The van der Waals surface area contributed by atoms with E-state index in [2.05, 4.69) is 4.98 Å². The molecule has 0 saturated heterocycles. The summed E-state index contributed by atoms with van der Waals surface area (Å²) in [6.45, 7) is 1.37. The van der Waals surface area contributed by atoms with Crippen LogP contribution < -0.4 is 5.46 Å². The highest BCUT2D eigenvalue weighted by Crippen LogP contribution is 1.92. The Hall–Kier alpha value is -1.20. The molecule has 0 spiro atoms. The number of ketones is 1. The lowest BCUT2D eigenvalue weighted by Gasteiger charge is -1.99. The van der Waals surface area contributed by atoms with E-state index in [4.69, 9.17) is 10.0 Å². The standard InChI is InChI=1S/C7H8BNO3/c1-5(10)7-4-6(8(11)12)2-3-9-7/h2-4,11-12H,1H3. The van der Waals surface area contributed by atoms with Crippen LogP contribution in [-0.2, 0) is 0 Å². The lowest BCUT2D eigenvalue weighted by molar-refractivity contribution is 0.101. The lowest BCUT2D eigenvalue weighted by Crippen LogP contribution is -2.30. The fraction of sp³-hybridized carbons (Fsp3) is 0.143. The molecule has 1 aromatic heterocycles. The van der Waals surface area contributed by atoms with Gasteiger partial charge in [-0.05, 0) is 17.6 Å². The van der Waals surface area contributed by atoms with Crippen molar-refractivity contribution in [1.82, 2.24) is 4.98 Å². The number of hydrogen-bond acceptors (Lipinski definition) is 4. The molecule has 0 aliphatic rings. The van der Waals surface area contributed by atoms with Crippen LogP contribution in [0.25, 0.3) is 0 Å². The van der Waals surface area contributed by atoms with E-state index in [9.17, 15) is 4.79 Å². The van der Waals surface area contributed by atoms with Crippen molar-refractivity contribution in [3.05, 3.63) is 24.0 Å². The maximum absolute atomic E-state index is 10.8. The van der Waals surface area contributed by atoms with Gasteiger partial charge in [0.15, 0.2) is 5.78 Å². The van der Waals surface area contributed by atoms with Crippen LogP contribution in [0, 0.1) is 0 Å². The molecular formula is C7H8BNO3. The number of rotatable bonds is 2. The lowest BCUT2D eigenvalue weighted by atomic mass is 9.80. The number of carbonyl (C=O) groups excluding carboxylic acids is 1. The summed E-state index contributed by atoms with van der Waals surface area (Å²) in [4.78, 5) is 14.5. The SMILES string of the molecule is CC(=O)c1cc(B(O)O)ccn1. The van der Waals surface area contributed by atoms with Gasteiger partial charge >= 0.3 is 7.12 Å². The molecule has 0 radical (unpaired) electrons. The summed E-state index contributed by atoms with van der Waals surface area (Å²) in [7, 11) is -1.55. The zero-order valence-corrected chi connectivity index (χ0v) is 6.56. The minimum absolute atomic E-state index is 0.197. The minimum Gasteiger partial charge on any atom is -0.423 e. The van der Waals surface area contributed by atoms with E-state index >= 15 is 0 Å². The van der Waals surface area contributed by atoms with Gasteiger partial charge < -0.3 is 10.0 Å². The Morgan fingerprint density at radius 1 is 1.58 bits per heavy atom. The summed E-state index contributed by atoms with van der Waals surface area (Å²) in [5.41, 5.74) is 0.510. The summed E-state index contributed by atoms with van der Waals surface area (Å²) in [5, 5.41) is 17.5. The molecule has 0 aromatic carbocycles. The second-order valence-corrected chi connectivity index (χ2v) is 2.40. The molecule has 1 aromatic rings. The van der Waals surface area contributed by atoms with Gasteiger partial charge in [0.25, 0.3) is 0 Å². The normalized spacial score (nSPS) is 9.58. The fourth-order valence-electron chi connectivity index (χ4n) is 0.800. The van der Waals surface area contributed by atoms with E-state index in [0.717, 1.165) is 0 Å². The van der Waals surface area contributed by atoms with Crippen LogP contribution in [0.1, 0.15) is 17.4 Å². The van der Waals surface area contributed by atoms with Gasteiger partial charge in [-0.1, -0.05) is 0 Å². The van der Waals surface area contributed by atoms with Crippen LogP contribution in [0.5, 0.6) is 0 Å². The second kappa shape index (κ2) is 3.47. The predicted octanol–water partition coefficient (Wildman–Crippen LogP) is -1.04. The average Bonchev–Trinajstić information content (AvgIpc) is 2.04. The first-order chi connectivity index (χ1) is 5.61. The molecule has 4 nitrogen and oxygen atoms in total. The number of aromatic nitrogens is 1. The van der Waals surface area contributed by atoms with E-state index in [1.165, 1.54) is 25.3 Å². The molecule has 62 valence electrons. The van der Waals surface area contributed by atoms with Crippen LogP contribution in [0.4, 0.5) is 0 Å². The van der Waals surface area contributed by atoms with Gasteiger partial charge in [-0.3, -0.25) is 9.78 Å². The van der Waals surface area contributed by atoms with Gasteiger partial charge in [-0.25, -0.2) is 0 Å². The van der Waals surface area contributed by atoms with Crippen LogP contribution in [0.15, 0.2) is 18.3 Å². The van der Waals surface area contributed by atoms with Crippen molar-refractivity contribution in [2.24, 2.45) is 0 Å². The van der Waals surface area contributed by atoms with Crippen molar-refractivity contribution < 1.29 is 14.8 Å². The molecule has 0 atom stereocenters. The Bertz CT molecular complexity index is 300. The average molecular weight is 165 g/mol. The zero-order chi connectivity index (χ0) is 9.14. The first kappa shape index (κ1) is 8.90. The van der Waals surface area contributed by atoms with Gasteiger partial charge in [0.05, 0.1) is 0 Å². The first-order valence-corrected chi connectivity index (χ1v) is 3.44. The van der Waals surface area contributed by atoms with Crippen LogP contribution in [0.2, 0.25) is 0 Å². The predicted molar refractivity (Wildman–Crippen MR) is 44.1 cm³/mol. The molecule has 0 aliphatic carbocycles. The van der Waals surface area contributed by atoms with Crippen molar-refractivity contribution in [1.29, 1.82) is 0 Å². The van der Waals surface area contributed by atoms with Crippen LogP contribution in [-0.4, -0.2) is 27.9 Å². The molecule has 0 saturated carbocycles. The largest absolute Gasteiger partial charge is 0.488 e. The van der Waals surface area contributed by atoms with Crippen molar-refractivity contribution in [3.8, 4) is 0 Å². The molecule has 0 aliphatic heterocycles. The monoisotopic (exact) mass is 165 g/mol. The Morgan fingerprint density at radius 2 is 2.25 bits per heavy atom. The molecule has 0 unspecified atom stereocenters. The first-order valence-electron chi connectivity index (χ1n) is 3.44. The topological polar surface area (TPSA) is 70.4 Å². The Labute approximate surface area is 70.0 Å². The Morgan fingerprint density at radius 3 is 2.75 bits per heavy atom. The summed E-state index contributed by atoms with van der Waals surface area (Å²) in [5.74, 6) is -0.197. The Kier molecular flexibility index (Phi) is 2.57. The fourth-order valence-corrected chi connectivity index (χ4v) is 0.800. The maximum Gasteiger partial charge on any atom is 0.488 e. The van der Waals surface area contributed by atoms with Gasteiger partial charge in [-0.2, -0.15) is 0 Å². The molecular weight excluding hydrogens is 157 g/mol. The molecule has 1 heterocycles. The quantitative estimate of drug-likeness (QED) is 0.433. The smallest absolute Gasteiger partial charge is 0.423 e. The zero-order valence-electron chi connectivity index (χ0n) is 6.56. The number of hydrogen-bond donors (Lipinski definition) is 2. The number of pyridine rings is 1. The van der Waals surface area contributed by atoms with Crippen molar-refractivity contribution in [3.63, 3.8) is 0 Å². The summed E-state index contributed by atoms with van der Waals surface area (Å²) in [6.07, 6.45) is 1.37. The molecule has 2 N–H and O–H groups in total. The highest BCUT2D eigenvalue weighted by molar-refractivity contribution is 6.58. The minimum atomic E-state index is -1.55. The molecule has 0 fully saturated rings. The third kappa shape index (κ3) is 1.90. The third-order valence-electron chi connectivity index (χ3n) is 1.44. The summed E-state index contributed by atoms with van der Waals surface area (Å²) < 4.78 is 0. The van der Waals surface area contributed by atoms with E-state index in [0.29, 0.717) is 0 Å². The molecule has 1 rings (SSSR count). The van der Waals surface area contributed by atoms with Crippen LogP contribution in [0.3, 0.4) is 0 Å². The Balaban J connectivity index is 3.04. The van der Waals surface area contributed by atoms with Gasteiger partial charge in [0.2, 0.25) is 0 Å². The van der Waals surface area contributed by atoms with E-state index in [1.807, 2.05) is 0 Å². The number of carbonyl (C=O) groups is 1. The molecule has 0 bridgehead atoms. The van der Waals surface area contributed by atoms with Crippen LogP contribution >= 0.6 is 0 Å². The van der Waals surface area contributed by atoms with E-state index in [-0.39, 0.29) is 16.9 Å². The van der Waals surface area contributed by atoms with E-state index in [1.54, 1.807) is 0 Å². The molecule has 12 heavy (non-hydrogen) atoms. The summed E-state index contributed by atoms with van der Waals surface area (Å²) >= 11 is 0. The highest BCUT2D eigenvalue weighted by atomic mass is 16.4. The second-order valence-electron chi connectivity index (χ2n) is 2.40. The maximum atomic E-state index is 10.8. The van der Waals surface area contributed by atoms with Crippen molar-refractivity contribution in [2.75, 3.05) is 0 Å². The summed E-state index contributed by atoms with van der Waals surface area (Å²) in [6, 6.07) is 2.80. The van der Waals surface area contributed by atoms with Gasteiger partial charge in [0, 0.05) is 13.1 Å². The molecule has 5 heteroatoms. The van der Waals surface area contributed by atoms with Gasteiger partial charge in [0.1, 0.15) is 5.69 Å². The van der Waals surface area contributed by atoms with E-state index < -0.39 is 7.12 Å². The highest BCUT2D eigenvalue weighted by Gasteiger charge is 2.12. The number of nitrogens with zero attached hydrogens (tertiary/aromatic N) is 1. The third-order valence-corrected chi connectivity index (χ3v) is 1.44. The molecule has 0 amide bonds. The van der Waals surface area contributed by atoms with Gasteiger partial charge in [-0.15, -0.1) is 0 Å². The number of Topliss-reactive ketones (excluding diaryl/α,β-unsaturated/α-hetero) is 1.